The Morgan fingerprint density at radius 3 is 2.53 bits per heavy atom. The molecule has 2 aliphatic rings. The summed E-state index contributed by atoms with van der Waals surface area (Å²) in [7, 11) is 0. The van der Waals surface area contributed by atoms with E-state index in [1.54, 1.807) is 0 Å². The lowest BCUT2D eigenvalue weighted by molar-refractivity contribution is -0.138. The molecular formula is C25H34N4O. The molecule has 1 aromatic carbocycles. The maximum atomic E-state index is 13.3. The van der Waals surface area contributed by atoms with E-state index in [9.17, 15) is 4.79 Å². The van der Waals surface area contributed by atoms with Gasteiger partial charge >= 0.3 is 0 Å². The first kappa shape index (κ1) is 20.8. The minimum Gasteiger partial charge on any atom is -0.354 e. The number of anilines is 1. The fourth-order valence-corrected chi connectivity index (χ4v) is 5.11. The Morgan fingerprint density at radius 1 is 1.03 bits per heavy atom. The molecule has 1 aromatic heterocycles. The second-order valence-electron chi connectivity index (χ2n) is 8.79. The Kier molecular flexibility index (Phi) is 6.66. The van der Waals surface area contributed by atoms with Crippen molar-refractivity contribution in [2.45, 2.75) is 64.8 Å². The Morgan fingerprint density at radius 2 is 1.83 bits per heavy atom. The summed E-state index contributed by atoms with van der Waals surface area (Å²) in [6.07, 6.45) is 8.18. The monoisotopic (exact) mass is 406 g/mol. The normalized spacial score (nSPS) is 20.2. The molecule has 2 aromatic rings. The lowest BCUT2D eigenvalue weighted by Gasteiger charge is -2.39. The van der Waals surface area contributed by atoms with E-state index in [4.69, 9.17) is 0 Å². The molecule has 1 aliphatic carbocycles. The number of aromatic nitrogens is 2. The molecule has 0 radical (unpaired) electrons. The first-order chi connectivity index (χ1) is 14.7. The summed E-state index contributed by atoms with van der Waals surface area (Å²) in [6, 6.07) is 12.8. The second kappa shape index (κ2) is 9.59. The molecule has 5 heteroatoms. The number of nitrogens with zero attached hydrogens (tertiary/aromatic N) is 4. The quantitative estimate of drug-likeness (QED) is 0.712. The average molecular weight is 407 g/mol. The van der Waals surface area contributed by atoms with Gasteiger partial charge < -0.3 is 9.80 Å². The highest BCUT2D eigenvalue weighted by atomic mass is 16.2. The van der Waals surface area contributed by atoms with Gasteiger partial charge in [0.15, 0.2) is 5.82 Å². The minimum atomic E-state index is 0.0680. The van der Waals surface area contributed by atoms with Gasteiger partial charge in [0.2, 0.25) is 5.91 Å². The Balaban J connectivity index is 1.44. The molecule has 1 aliphatic heterocycles. The summed E-state index contributed by atoms with van der Waals surface area (Å²) in [5.74, 6) is 1.29. The number of rotatable bonds is 5. The number of hydrogen-bond donors (Lipinski definition) is 0. The van der Waals surface area contributed by atoms with E-state index in [0.717, 1.165) is 49.6 Å². The van der Waals surface area contributed by atoms with Gasteiger partial charge in [-0.3, -0.25) is 4.79 Å². The molecule has 0 bridgehead atoms. The fourth-order valence-electron chi connectivity index (χ4n) is 5.11. The van der Waals surface area contributed by atoms with Crippen LogP contribution in [0.5, 0.6) is 0 Å². The zero-order valence-corrected chi connectivity index (χ0v) is 18.4. The van der Waals surface area contributed by atoms with Gasteiger partial charge in [-0.25, -0.2) is 0 Å². The molecule has 2 fully saturated rings. The first-order valence-corrected chi connectivity index (χ1v) is 11.6. The molecule has 0 spiro atoms. The van der Waals surface area contributed by atoms with Crippen LogP contribution in [0.15, 0.2) is 36.4 Å². The summed E-state index contributed by atoms with van der Waals surface area (Å²) < 4.78 is 0. The van der Waals surface area contributed by atoms with Gasteiger partial charge in [0, 0.05) is 31.2 Å². The van der Waals surface area contributed by atoms with Crippen LogP contribution in [0.1, 0.15) is 57.4 Å². The van der Waals surface area contributed by atoms with Crippen molar-refractivity contribution in [2.24, 2.45) is 5.92 Å². The SMILES string of the molecule is CCN(C(=O)C1CCCN(c2ccc(-c3ccccc3C)nn2)C1)C1CCCCC1. The molecule has 4 rings (SSSR count). The van der Waals surface area contributed by atoms with Crippen molar-refractivity contribution in [3.63, 3.8) is 0 Å². The van der Waals surface area contributed by atoms with Crippen molar-refractivity contribution in [1.82, 2.24) is 15.1 Å². The van der Waals surface area contributed by atoms with Gasteiger partial charge in [-0.1, -0.05) is 43.5 Å². The number of amides is 1. The van der Waals surface area contributed by atoms with Crippen LogP contribution < -0.4 is 4.90 Å². The van der Waals surface area contributed by atoms with Crippen LogP contribution >= 0.6 is 0 Å². The molecule has 1 saturated heterocycles. The van der Waals surface area contributed by atoms with Crippen LogP contribution in [0, 0.1) is 12.8 Å². The van der Waals surface area contributed by atoms with E-state index < -0.39 is 0 Å². The van der Waals surface area contributed by atoms with Crippen molar-refractivity contribution < 1.29 is 4.79 Å². The molecular weight excluding hydrogens is 372 g/mol. The molecule has 1 saturated carbocycles. The van der Waals surface area contributed by atoms with Gasteiger partial charge in [-0.15, -0.1) is 10.2 Å². The number of aryl methyl sites for hydroxylation is 1. The summed E-state index contributed by atoms with van der Waals surface area (Å²) in [4.78, 5) is 17.8. The van der Waals surface area contributed by atoms with Crippen molar-refractivity contribution >= 4 is 11.7 Å². The van der Waals surface area contributed by atoms with Gasteiger partial charge in [-0.05, 0) is 57.2 Å². The molecule has 5 nitrogen and oxygen atoms in total. The van der Waals surface area contributed by atoms with Crippen molar-refractivity contribution in [2.75, 3.05) is 24.5 Å². The molecule has 30 heavy (non-hydrogen) atoms. The second-order valence-corrected chi connectivity index (χ2v) is 8.79. The molecule has 1 atom stereocenters. The van der Waals surface area contributed by atoms with Crippen molar-refractivity contribution in [1.29, 1.82) is 0 Å². The summed E-state index contributed by atoms with van der Waals surface area (Å²) >= 11 is 0. The molecule has 160 valence electrons. The van der Waals surface area contributed by atoms with Crippen LogP contribution in [0.3, 0.4) is 0 Å². The highest BCUT2D eigenvalue weighted by Crippen LogP contribution is 2.28. The van der Waals surface area contributed by atoms with Gasteiger partial charge in [-0.2, -0.15) is 0 Å². The van der Waals surface area contributed by atoms with Crippen molar-refractivity contribution in [3.05, 3.63) is 42.0 Å². The van der Waals surface area contributed by atoms with Crippen LogP contribution in [-0.2, 0) is 4.79 Å². The number of piperidine rings is 1. The van der Waals surface area contributed by atoms with Gasteiger partial charge in [0.05, 0.1) is 11.6 Å². The highest BCUT2D eigenvalue weighted by molar-refractivity contribution is 5.80. The Bertz CT molecular complexity index is 844. The number of carbonyl (C=O) groups excluding carboxylic acids is 1. The van der Waals surface area contributed by atoms with Gasteiger partial charge in [0.25, 0.3) is 0 Å². The number of carbonyl (C=O) groups is 1. The zero-order valence-electron chi connectivity index (χ0n) is 18.4. The van der Waals surface area contributed by atoms with Gasteiger partial charge in [0.1, 0.15) is 0 Å². The van der Waals surface area contributed by atoms with E-state index in [0.29, 0.717) is 11.9 Å². The molecule has 1 amide bonds. The summed E-state index contributed by atoms with van der Waals surface area (Å²) in [6.45, 7) is 6.74. The maximum Gasteiger partial charge on any atom is 0.227 e. The number of hydrogen-bond acceptors (Lipinski definition) is 4. The van der Waals surface area contributed by atoms with E-state index in [1.165, 1.54) is 37.7 Å². The number of benzene rings is 1. The first-order valence-electron chi connectivity index (χ1n) is 11.6. The third kappa shape index (κ3) is 4.50. The zero-order chi connectivity index (χ0) is 20.9. The largest absolute Gasteiger partial charge is 0.354 e. The molecule has 1 unspecified atom stereocenters. The van der Waals surface area contributed by atoms with Crippen LogP contribution in [-0.4, -0.2) is 46.7 Å². The summed E-state index contributed by atoms with van der Waals surface area (Å²) in [5.41, 5.74) is 3.22. The predicted octanol–water partition coefficient (Wildman–Crippen LogP) is 4.85. The average Bonchev–Trinajstić information content (AvgIpc) is 2.81. The highest BCUT2D eigenvalue weighted by Gasteiger charge is 2.33. The standard InChI is InChI=1S/C25H34N4O/c1-3-29(21-12-5-4-6-13-21)25(30)20-11-9-17-28(18-20)24-16-15-23(26-27-24)22-14-8-7-10-19(22)2/h7-8,10,14-16,20-21H,3-6,9,11-13,17-18H2,1-2H3. The van der Waals surface area contributed by atoms with Crippen molar-refractivity contribution in [3.8, 4) is 11.3 Å². The lowest BCUT2D eigenvalue weighted by atomic mass is 9.91. The van der Waals surface area contributed by atoms with Crippen LogP contribution in [0.4, 0.5) is 5.82 Å². The maximum absolute atomic E-state index is 13.3. The topological polar surface area (TPSA) is 49.3 Å². The smallest absolute Gasteiger partial charge is 0.227 e. The van der Waals surface area contributed by atoms with E-state index >= 15 is 0 Å². The van der Waals surface area contributed by atoms with Crippen LogP contribution in [0.25, 0.3) is 11.3 Å². The summed E-state index contributed by atoms with van der Waals surface area (Å²) in [5, 5.41) is 9.01. The van der Waals surface area contributed by atoms with E-state index in [-0.39, 0.29) is 5.92 Å². The van der Waals surface area contributed by atoms with Crippen LogP contribution in [0.2, 0.25) is 0 Å². The lowest BCUT2D eigenvalue weighted by Crippen LogP contribution is -2.49. The fraction of sp³-hybridized carbons (Fsp3) is 0.560. The van der Waals surface area contributed by atoms with E-state index in [2.05, 4.69) is 58.1 Å². The Labute approximate surface area is 180 Å². The third-order valence-corrected chi connectivity index (χ3v) is 6.81. The molecule has 0 N–H and O–H groups in total. The van der Waals surface area contributed by atoms with E-state index in [1.807, 2.05) is 12.1 Å². The molecule has 2 heterocycles. The minimum absolute atomic E-state index is 0.0680. The Hall–Kier alpha value is -2.43. The predicted molar refractivity (Wildman–Crippen MR) is 121 cm³/mol. The third-order valence-electron chi connectivity index (χ3n) is 6.81.